The quantitative estimate of drug-likeness (QED) is 0.789. The second-order valence-electron chi connectivity index (χ2n) is 7.39. The van der Waals surface area contributed by atoms with Crippen LogP contribution in [0.2, 0.25) is 0 Å². The van der Waals surface area contributed by atoms with Crippen molar-refractivity contribution in [3.05, 3.63) is 65.7 Å². The lowest BCUT2D eigenvalue weighted by Gasteiger charge is -2.36. The van der Waals surface area contributed by atoms with Crippen molar-refractivity contribution in [2.45, 2.75) is 32.9 Å². The molecule has 0 unspecified atom stereocenters. The molecule has 0 amide bonds. The molecule has 2 N–H and O–H groups in total. The highest BCUT2D eigenvalue weighted by Crippen LogP contribution is 2.29. The van der Waals surface area contributed by atoms with Crippen LogP contribution in [0.5, 0.6) is 0 Å². The van der Waals surface area contributed by atoms with Crippen LogP contribution in [-0.4, -0.2) is 31.1 Å². The number of nitrogens with zero attached hydrogens (tertiary/aromatic N) is 1. The molecule has 3 heteroatoms. The van der Waals surface area contributed by atoms with Crippen molar-refractivity contribution in [3.8, 4) is 0 Å². The van der Waals surface area contributed by atoms with Crippen LogP contribution in [0.25, 0.3) is 0 Å². The highest BCUT2D eigenvalue weighted by atomic mass is 15.2. The van der Waals surface area contributed by atoms with Crippen LogP contribution in [-0.2, 0) is 6.54 Å². The van der Waals surface area contributed by atoms with Crippen LogP contribution < -0.4 is 10.6 Å². The molecular formula is C22H31N3. The van der Waals surface area contributed by atoms with Gasteiger partial charge in [0.2, 0.25) is 0 Å². The molecule has 0 aliphatic carbocycles. The lowest BCUT2D eigenvalue weighted by molar-refractivity contribution is 0.154. The lowest BCUT2D eigenvalue weighted by atomic mass is 9.95. The third kappa shape index (κ3) is 5.32. The molecule has 134 valence electrons. The van der Waals surface area contributed by atoms with Gasteiger partial charge in [0.15, 0.2) is 0 Å². The van der Waals surface area contributed by atoms with E-state index in [1.807, 2.05) is 0 Å². The van der Waals surface area contributed by atoms with Crippen LogP contribution >= 0.6 is 0 Å². The Morgan fingerprint density at radius 2 is 1.64 bits per heavy atom. The number of hydrogen-bond acceptors (Lipinski definition) is 3. The van der Waals surface area contributed by atoms with Crippen molar-refractivity contribution in [1.29, 1.82) is 0 Å². The van der Waals surface area contributed by atoms with Gasteiger partial charge < -0.3 is 10.6 Å². The molecule has 1 saturated heterocycles. The van der Waals surface area contributed by atoms with Crippen molar-refractivity contribution < 1.29 is 0 Å². The van der Waals surface area contributed by atoms with Crippen molar-refractivity contribution in [2.24, 2.45) is 5.92 Å². The van der Waals surface area contributed by atoms with E-state index in [-0.39, 0.29) is 0 Å². The third-order valence-corrected chi connectivity index (χ3v) is 4.92. The standard InChI is InChI=1S/C22H31N3/c1-18(2)16-22(25-14-12-23-13-15-25)20-8-10-21(11-9-20)24-17-19-6-4-3-5-7-19/h3-11,18,22-24H,12-17H2,1-2H3/t22-/m0/s1. The topological polar surface area (TPSA) is 27.3 Å². The molecule has 0 spiro atoms. The lowest BCUT2D eigenvalue weighted by Crippen LogP contribution is -2.45. The highest BCUT2D eigenvalue weighted by Gasteiger charge is 2.22. The Labute approximate surface area is 152 Å². The first-order valence-electron chi connectivity index (χ1n) is 9.55. The molecule has 3 rings (SSSR count). The van der Waals surface area contributed by atoms with Gasteiger partial charge in [0, 0.05) is 44.5 Å². The molecule has 0 radical (unpaired) electrons. The Kier molecular flexibility index (Phi) is 6.48. The molecule has 0 bridgehead atoms. The van der Waals surface area contributed by atoms with E-state index < -0.39 is 0 Å². The zero-order chi connectivity index (χ0) is 17.5. The molecule has 1 heterocycles. The number of anilines is 1. The smallest absolute Gasteiger partial charge is 0.0400 e. The molecule has 25 heavy (non-hydrogen) atoms. The number of benzene rings is 2. The van der Waals surface area contributed by atoms with E-state index in [0.29, 0.717) is 12.0 Å². The van der Waals surface area contributed by atoms with Crippen LogP contribution in [0.3, 0.4) is 0 Å². The van der Waals surface area contributed by atoms with E-state index in [4.69, 9.17) is 0 Å². The van der Waals surface area contributed by atoms with Crippen LogP contribution in [0.15, 0.2) is 54.6 Å². The summed E-state index contributed by atoms with van der Waals surface area (Å²) in [5.41, 5.74) is 3.95. The third-order valence-electron chi connectivity index (χ3n) is 4.92. The van der Waals surface area contributed by atoms with Crippen LogP contribution in [0.1, 0.15) is 37.4 Å². The van der Waals surface area contributed by atoms with Gasteiger partial charge in [0.25, 0.3) is 0 Å². The van der Waals surface area contributed by atoms with Crippen LogP contribution in [0.4, 0.5) is 5.69 Å². The maximum absolute atomic E-state index is 3.52. The number of hydrogen-bond donors (Lipinski definition) is 2. The Bertz CT molecular complexity index is 615. The fourth-order valence-corrected chi connectivity index (χ4v) is 3.56. The summed E-state index contributed by atoms with van der Waals surface area (Å²) in [6, 6.07) is 20.2. The largest absolute Gasteiger partial charge is 0.381 e. The highest BCUT2D eigenvalue weighted by molar-refractivity contribution is 5.45. The van der Waals surface area contributed by atoms with E-state index >= 15 is 0 Å². The van der Waals surface area contributed by atoms with Gasteiger partial charge in [-0.2, -0.15) is 0 Å². The molecule has 0 aromatic heterocycles. The molecule has 0 saturated carbocycles. The molecule has 2 aromatic carbocycles. The molecule has 1 atom stereocenters. The fourth-order valence-electron chi connectivity index (χ4n) is 3.56. The predicted octanol–water partition coefficient (Wildman–Crippen LogP) is 4.29. The van der Waals surface area contributed by atoms with E-state index in [9.17, 15) is 0 Å². The summed E-state index contributed by atoms with van der Waals surface area (Å²) in [5, 5.41) is 6.99. The number of rotatable bonds is 7. The molecule has 1 aliphatic heterocycles. The van der Waals surface area contributed by atoms with Gasteiger partial charge in [0.1, 0.15) is 0 Å². The summed E-state index contributed by atoms with van der Waals surface area (Å²) in [4.78, 5) is 2.64. The Morgan fingerprint density at radius 1 is 0.960 bits per heavy atom. The van der Waals surface area contributed by atoms with Crippen molar-refractivity contribution in [3.63, 3.8) is 0 Å². The van der Waals surface area contributed by atoms with Gasteiger partial charge in [-0.15, -0.1) is 0 Å². The van der Waals surface area contributed by atoms with Crippen molar-refractivity contribution in [2.75, 3.05) is 31.5 Å². The minimum Gasteiger partial charge on any atom is -0.381 e. The second-order valence-corrected chi connectivity index (χ2v) is 7.39. The summed E-state index contributed by atoms with van der Waals surface area (Å²) in [7, 11) is 0. The minimum atomic E-state index is 0.533. The number of piperazine rings is 1. The van der Waals surface area contributed by atoms with E-state index in [1.54, 1.807) is 0 Å². The fraction of sp³-hybridized carbons (Fsp3) is 0.455. The maximum Gasteiger partial charge on any atom is 0.0400 e. The maximum atomic E-state index is 3.52. The monoisotopic (exact) mass is 337 g/mol. The van der Waals surface area contributed by atoms with E-state index in [2.05, 4.69) is 84.0 Å². The summed E-state index contributed by atoms with van der Waals surface area (Å²) < 4.78 is 0. The van der Waals surface area contributed by atoms with Gasteiger partial charge in [-0.1, -0.05) is 56.3 Å². The normalized spacial score (nSPS) is 16.8. The molecule has 1 aliphatic rings. The number of nitrogens with one attached hydrogen (secondary N) is 2. The zero-order valence-corrected chi connectivity index (χ0v) is 15.5. The summed E-state index contributed by atoms with van der Waals surface area (Å²) in [6.45, 7) is 10.0. The Morgan fingerprint density at radius 3 is 2.28 bits per heavy atom. The average Bonchev–Trinajstić information content (AvgIpc) is 2.66. The van der Waals surface area contributed by atoms with Gasteiger partial charge >= 0.3 is 0 Å². The first-order valence-corrected chi connectivity index (χ1v) is 9.55. The minimum absolute atomic E-state index is 0.533. The Hall–Kier alpha value is -1.84. The van der Waals surface area contributed by atoms with Gasteiger partial charge in [0.05, 0.1) is 0 Å². The van der Waals surface area contributed by atoms with Crippen molar-refractivity contribution in [1.82, 2.24) is 10.2 Å². The second kappa shape index (κ2) is 9.02. The van der Waals surface area contributed by atoms with Crippen molar-refractivity contribution >= 4 is 5.69 Å². The van der Waals surface area contributed by atoms with Gasteiger partial charge in [-0.25, -0.2) is 0 Å². The van der Waals surface area contributed by atoms with E-state index in [0.717, 1.165) is 32.7 Å². The van der Waals surface area contributed by atoms with Gasteiger partial charge in [-0.05, 0) is 35.6 Å². The molecule has 2 aromatic rings. The van der Waals surface area contributed by atoms with Crippen LogP contribution in [0, 0.1) is 5.92 Å². The zero-order valence-electron chi connectivity index (χ0n) is 15.5. The predicted molar refractivity (Wildman–Crippen MR) is 107 cm³/mol. The molecule has 3 nitrogen and oxygen atoms in total. The SMILES string of the molecule is CC(C)C[C@@H](c1ccc(NCc2ccccc2)cc1)N1CCNCC1. The molecular weight excluding hydrogens is 306 g/mol. The summed E-state index contributed by atoms with van der Waals surface area (Å²) in [5.74, 6) is 0.704. The first kappa shape index (κ1) is 18.0. The summed E-state index contributed by atoms with van der Waals surface area (Å²) in [6.07, 6.45) is 1.22. The van der Waals surface area contributed by atoms with E-state index in [1.165, 1.54) is 23.2 Å². The summed E-state index contributed by atoms with van der Waals surface area (Å²) >= 11 is 0. The molecule has 1 fully saturated rings. The Balaban J connectivity index is 1.65. The first-order chi connectivity index (χ1) is 12.2. The average molecular weight is 338 g/mol. The van der Waals surface area contributed by atoms with Gasteiger partial charge in [-0.3, -0.25) is 4.90 Å².